The van der Waals surface area contributed by atoms with E-state index in [9.17, 15) is 0 Å². The molecule has 0 aliphatic rings. The molecule has 0 spiro atoms. The van der Waals surface area contributed by atoms with Crippen molar-refractivity contribution in [3.8, 4) is 0 Å². The van der Waals surface area contributed by atoms with Crippen LogP contribution in [0.15, 0.2) is 6.07 Å². The highest BCUT2D eigenvalue weighted by Crippen LogP contribution is 2.12. The third-order valence-electron chi connectivity index (χ3n) is 2.79. The zero-order valence-corrected chi connectivity index (χ0v) is 9.46. The van der Waals surface area contributed by atoms with E-state index in [1.807, 2.05) is 6.92 Å². The van der Waals surface area contributed by atoms with Crippen LogP contribution in [0.5, 0.6) is 0 Å². The predicted molar refractivity (Wildman–Crippen MR) is 58.3 cm³/mol. The normalized spacial score (nSPS) is 13.2. The Morgan fingerprint density at radius 1 is 1.50 bits per heavy atom. The van der Waals surface area contributed by atoms with Gasteiger partial charge < -0.3 is 15.0 Å². The summed E-state index contributed by atoms with van der Waals surface area (Å²) >= 11 is 0. The first kappa shape index (κ1) is 11.3. The fourth-order valence-electron chi connectivity index (χ4n) is 1.46. The lowest BCUT2D eigenvalue weighted by Gasteiger charge is -2.10. The highest BCUT2D eigenvalue weighted by atomic mass is 16.3. The van der Waals surface area contributed by atoms with Crippen LogP contribution in [0.3, 0.4) is 0 Å². The molecule has 3 heteroatoms. The molecule has 1 aromatic rings. The summed E-state index contributed by atoms with van der Waals surface area (Å²) in [6, 6.07) is 2.35. The minimum absolute atomic E-state index is 0.162. The van der Waals surface area contributed by atoms with Gasteiger partial charge in [-0.25, -0.2) is 0 Å². The number of hydrogen-bond donors (Lipinski definition) is 2. The lowest BCUT2D eigenvalue weighted by molar-refractivity contribution is 0.251. The largest absolute Gasteiger partial charge is 0.395 e. The van der Waals surface area contributed by atoms with E-state index in [1.165, 1.54) is 17.0 Å². The first-order valence-corrected chi connectivity index (χ1v) is 5.02. The van der Waals surface area contributed by atoms with Gasteiger partial charge in [-0.2, -0.15) is 0 Å². The van der Waals surface area contributed by atoms with Gasteiger partial charge in [0.2, 0.25) is 0 Å². The Bertz CT molecular complexity index is 304. The fraction of sp³-hybridized carbons (Fsp3) is 0.636. The average Bonchev–Trinajstić information content (AvgIpc) is 2.42. The van der Waals surface area contributed by atoms with E-state index in [0.29, 0.717) is 0 Å². The molecule has 0 radical (unpaired) electrons. The van der Waals surface area contributed by atoms with Crippen molar-refractivity contribution >= 4 is 0 Å². The van der Waals surface area contributed by atoms with Crippen molar-refractivity contribution in [1.82, 2.24) is 9.88 Å². The van der Waals surface area contributed by atoms with E-state index in [2.05, 4.69) is 36.8 Å². The maximum absolute atomic E-state index is 8.87. The van der Waals surface area contributed by atoms with E-state index >= 15 is 0 Å². The lowest BCUT2D eigenvalue weighted by Crippen LogP contribution is -2.28. The highest BCUT2D eigenvalue weighted by molar-refractivity contribution is 5.26. The maximum Gasteiger partial charge on any atom is 0.0582 e. The molecule has 14 heavy (non-hydrogen) atoms. The number of aliphatic hydroxyl groups is 1. The standard InChI is InChI=1S/C11H20N2O/c1-8(7-14)12-6-11-5-9(2)13(4)10(11)3/h5,8,12,14H,6-7H2,1-4H3. The molecule has 1 aromatic heterocycles. The number of aromatic nitrogens is 1. The van der Waals surface area contributed by atoms with Gasteiger partial charge >= 0.3 is 0 Å². The summed E-state index contributed by atoms with van der Waals surface area (Å²) in [5, 5.41) is 12.1. The van der Waals surface area contributed by atoms with Crippen LogP contribution in [-0.2, 0) is 13.6 Å². The van der Waals surface area contributed by atoms with Crippen LogP contribution in [0, 0.1) is 13.8 Å². The van der Waals surface area contributed by atoms with Gasteiger partial charge in [0.05, 0.1) is 6.61 Å². The molecule has 0 amide bonds. The molecule has 80 valence electrons. The first-order valence-electron chi connectivity index (χ1n) is 5.02. The van der Waals surface area contributed by atoms with E-state index in [-0.39, 0.29) is 12.6 Å². The van der Waals surface area contributed by atoms with E-state index < -0.39 is 0 Å². The van der Waals surface area contributed by atoms with Gasteiger partial charge in [-0.05, 0) is 32.4 Å². The summed E-state index contributed by atoms with van der Waals surface area (Å²) < 4.78 is 2.18. The number of nitrogens with one attached hydrogen (secondary N) is 1. The third-order valence-corrected chi connectivity index (χ3v) is 2.79. The van der Waals surface area contributed by atoms with Crippen LogP contribution < -0.4 is 5.32 Å². The van der Waals surface area contributed by atoms with Crippen LogP contribution in [0.2, 0.25) is 0 Å². The number of rotatable bonds is 4. The number of aryl methyl sites for hydroxylation is 1. The summed E-state index contributed by atoms with van der Waals surface area (Å²) in [6.45, 7) is 7.21. The SMILES string of the molecule is Cc1cc(CNC(C)CO)c(C)n1C. The number of hydrogen-bond acceptors (Lipinski definition) is 2. The van der Waals surface area contributed by atoms with Gasteiger partial charge in [-0.15, -0.1) is 0 Å². The van der Waals surface area contributed by atoms with Crippen molar-refractivity contribution in [2.24, 2.45) is 7.05 Å². The van der Waals surface area contributed by atoms with Crippen molar-refractivity contribution in [2.45, 2.75) is 33.4 Å². The average molecular weight is 196 g/mol. The van der Waals surface area contributed by atoms with Gasteiger partial charge in [0, 0.05) is 31.0 Å². The van der Waals surface area contributed by atoms with Gasteiger partial charge in [0.25, 0.3) is 0 Å². The Morgan fingerprint density at radius 2 is 2.14 bits per heavy atom. The minimum atomic E-state index is 0.162. The van der Waals surface area contributed by atoms with Crippen LogP contribution in [0.1, 0.15) is 23.9 Å². The fourth-order valence-corrected chi connectivity index (χ4v) is 1.46. The molecule has 0 bridgehead atoms. The maximum atomic E-state index is 8.87. The molecule has 0 aliphatic heterocycles. The summed E-state index contributed by atoms with van der Waals surface area (Å²) in [6.07, 6.45) is 0. The van der Waals surface area contributed by atoms with Crippen molar-refractivity contribution < 1.29 is 5.11 Å². The number of aliphatic hydroxyl groups excluding tert-OH is 1. The Kier molecular flexibility index (Phi) is 3.72. The zero-order valence-electron chi connectivity index (χ0n) is 9.46. The monoisotopic (exact) mass is 196 g/mol. The van der Waals surface area contributed by atoms with Crippen LogP contribution in [-0.4, -0.2) is 22.3 Å². The molecule has 0 aliphatic carbocycles. The van der Waals surface area contributed by atoms with Crippen molar-refractivity contribution in [2.75, 3.05) is 6.61 Å². The predicted octanol–water partition coefficient (Wildman–Crippen LogP) is 1.11. The Balaban J connectivity index is 2.63. The lowest BCUT2D eigenvalue weighted by atomic mass is 10.2. The highest BCUT2D eigenvalue weighted by Gasteiger charge is 2.06. The summed E-state index contributed by atoms with van der Waals surface area (Å²) in [4.78, 5) is 0. The molecule has 1 atom stereocenters. The number of nitrogens with zero attached hydrogens (tertiary/aromatic N) is 1. The smallest absolute Gasteiger partial charge is 0.0582 e. The molecule has 0 fully saturated rings. The van der Waals surface area contributed by atoms with Gasteiger partial charge in [0.1, 0.15) is 0 Å². The molecular formula is C11H20N2O. The molecular weight excluding hydrogens is 176 g/mol. The van der Waals surface area contributed by atoms with Crippen LogP contribution in [0.4, 0.5) is 0 Å². The van der Waals surface area contributed by atoms with E-state index in [1.54, 1.807) is 0 Å². The summed E-state index contributed by atoms with van der Waals surface area (Å²) in [5.41, 5.74) is 3.88. The Hall–Kier alpha value is -0.800. The van der Waals surface area contributed by atoms with Crippen LogP contribution in [0.25, 0.3) is 0 Å². The zero-order chi connectivity index (χ0) is 10.7. The first-order chi connectivity index (χ1) is 6.56. The second-order valence-electron chi connectivity index (χ2n) is 3.92. The third kappa shape index (κ3) is 2.36. The quantitative estimate of drug-likeness (QED) is 0.757. The van der Waals surface area contributed by atoms with Crippen molar-refractivity contribution in [1.29, 1.82) is 0 Å². The summed E-state index contributed by atoms with van der Waals surface area (Å²) in [5.74, 6) is 0. The van der Waals surface area contributed by atoms with Crippen LogP contribution >= 0.6 is 0 Å². The molecule has 1 rings (SSSR count). The molecule has 0 saturated heterocycles. The van der Waals surface area contributed by atoms with Crippen molar-refractivity contribution in [3.05, 3.63) is 23.0 Å². The molecule has 0 aromatic carbocycles. The molecule has 1 heterocycles. The molecule has 1 unspecified atom stereocenters. The molecule has 3 nitrogen and oxygen atoms in total. The van der Waals surface area contributed by atoms with Gasteiger partial charge in [-0.1, -0.05) is 0 Å². The molecule has 2 N–H and O–H groups in total. The summed E-state index contributed by atoms with van der Waals surface area (Å²) in [7, 11) is 2.07. The van der Waals surface area contributed by atoms with Crippen molar-refractivity contribution in [3.63, 3.8) is 0 Å². The van der Waals surface area contributed by atoms with Gasteiger partial charge in [-0.3, -0.25) is 0 Å². The molecule has 0 saturated carbocycles. The second kappa shape index (κ2) is 4.62. The van der Waals surface area contributed by atoms with E-state index in [0.717, 1.165) is 6.54 Å². The minimum Gasteiger partial charge on any atom is -0.395 e. The topological polar surface area (TPSA) is 37.2 Å². The Labute approximate surface area is 85.7 Å². The van der Waals surface area contributed by atoms with Gasteiger partial charge in [0.15, 0.2) is 0 Å². The Morgan fingerprint density at radius 3 is 2.57 bits per heavy atom. The van der Waals surface area contributed by atoms with E-state index in [4.69, 9.17) is 5.11 Å². The second-order valence-corrected chi connectivity index (χ2v) is 3.92.